The first-order chi connectivity index (χ1) is 26.5. The van der Waals surface area contributed by atoms with Crippen molar-refractivity contribution in [1.82, 2.24) is 9.13 Å². The summed E-state index contributed by atoms with van der Waals surface area (Å²) in [5.41, 5.74) is -2.27. The first kappa shape index (κ1) is 40.9. The highest BCUT2D eigenvalue weighted by Gasteiger charge is 2.46. The zero-order valence-corrected chi connectivity index (χ0v) is 35.1. The molecule has 0 amide bonds. The summed E-state index contributed by atoms with van der Waals surface area (Å²) < 4.78 is 97.2. The summed E-state index contributed by atoms with van der Waals surface area (Å²) in [4.78, 5) is 0. The largest absolute Gasteiger partial charge is 0.419 e. The molecule has 7 rings (SSSR count). The van der Waals surface area contributed by atoms with E-state index in [0.29, 0.717) is 43.6 Å². The lowest BCUT2D eigenvalue weighted by Crippen LogP contribution is -2.21. The SMILES string of the molecule is CC(C)(C)c1ccc2c(c1)c1ccc(C(C)(C)C)cc1n2-c1cc(-n2c3ccc(C(C)(C)C)cc3c3ccc(C(C)(C)C)cc32)c(C(F)(F)F)c(C#N)c1C(F)(F)F. The molecule has 0 radical (unpaired) electrons. The van der Waals surface area contributed by atoms with Crippen molar-refractivity contribution in [2.75, 3.05) is 0 Å². The van der Waals surface area contributed by atoms with E-state index in [1.807, 2.05) is 144 Å². The van der Waals surface area contributed by atoms with E-state index in [9.17, 15) is 5.26 Å². The number of nitrogens with zero attached hydrogens (tertiary/aromatic N) is 3. The lowest BCUT2D eigenvalue weighted by atomic mass is 9.85. The standard InChI is InChI=1S/C49H49F6N3/c1-44(2,3)27-15-19-36-33(21-27)31-17-13-29(46(7,8)9)23-38(31)57(36)40-25-41(43(49(53,54)55)35(26-56)42(40)48(50,51)52)58-37-20-16-28(45(4,5)6)22-34(37)32-18-14-30(24-39(32)58)47(10,11)12/h13-25H,1-12H3. The molecule has 58 heavy (non-hydrogen) atoms. The van der Waals surface area contributed by atoms with E-state index in [2.05, 4.69) is 0 Å². The number of hydrogen-bond donors (Lipinski definition) is 0. The predicted molar refractivity (Wildman–Crippen MR) is 225 cm³/mol. The van der Waals surface area contributed by atoms with Gasteiger partial charge in [0, 0.05) is 21.5 Å². The molecule has 7 aromatic rings. The number of hydrogen-bond acceptors (Lipinski definition) is 1. The lowest BCUT2D eigenvalue weighted by molar-refractivity contribution is -0.143. The molecule has 2 aromatic heterocycles. The smallest absolute Gasteiger partial charge is 0.308 e. The second-order valence-electron chi connectivity index (χ2n) is 19.7. The molecule has 0 fully saturated rings. The fourth-order valence-corrected chi connectivity index (χ4v) is 8.12. The quantitative estimate of drug-likeness (QED) is 0.161. The number of fused-ring (bicyclic) bond motifs is 6. The molecule has 2 heterocycles. The van der Waals surface area contributed by atoms with E-state index in [-0.39, 0.29) is 10.8 Å². The highest BCUT2D eigenvalue weighted by Crippen LogP contribution is 2.49. The maximum absolute atomic E-state index is 15.7. The van der Waals surface area contributed by atoms with Crippen LogP contribution in [0.5, 0.6) is 0 Å². The van der Waals surface area contributed by atoms with Crippen molar-refractivity contribution in [3.8, 4) is 17.4 Å². The van der Waals surface area contributed by atoms with Crippen LogP contribution in [0.3, 0.4) is 0 Å². The molecular weight excluding hydrogens is 745 g/mol. The Morgan fingerprint density at radius 1 is 0.397 bits per heavy atom. The van der Waals surface area contributed by atoms with Gasteiger partial charge in [-0.1, -0.05) is 119 Å². The summed E-state index contributed by atoms with van der Waals surface area (Å²) in [5, 5.41) is 13.2. The van der Waals surface area contributed by atoms with Gasteiger partial charge in [-0.3, -0.25) is 0 Å². The van der Waals surface area contributed by atoms with Gasteiger partial charge in [0.25, 0.3) is 0 Å². The molecule has 3 nitrogen and oxygen atoms in total. The summed E-state index contributed by atoms with van der Waals surface area (Å²) in [6.45, 7) is 24.2. The van der Waals surface area contributed by atoms with Gasteiger partial charge in [-0.2, -0.15) is 31.6 Å². The lowest BCUT2D eigenvalue weighted by Gasteiger charge is -2.25. The van der Waals surface area contributed by atoms with Crippen LogP contribution in [0.25, 0.3) is 55.0 Å². The minimum Gasteiger partial charge on any atom is -0.308 e. The van der Waals surface area contributed by atoms with Gasteiger partial charge in [0.05, 0.1) is 50.1 Å². The average Bonchev–Trinajstić information content (AvgIpc) is 3.59. The van der Waals surface area contributed by atoms with Gasteiger partial charge in [-0.25, -0.2) is 0 Å². The van der Waals surface area contributed by atoms with Crippen LogP contribution < -0.4 is 0 Å². The minimum atomic E-state index is -5.35. The zero-order valence-electron chi connectivity index (χ0n) is 35.1. The van der Waals surface area contributed by atoms with Gasteiger partial charge in [0.15, 0.2) is 0 Å². The third-order valence-electron chi connectivity index (χ3n) is 11.4. The van der Waals surface area contributed by atoms with Crippen molar-refractivity contribution in [3.05, 3.63) is 118 Å². The number of benzene rings is 5. The third-order valence-corrected chi connectivity index (χ3v) is 11.4. The Labute approximate surface area is 335 Å². The number of nitriles is 1. The Kier molecular flexibility index (Phi) is 9.10. The van der Waals surface area contributed by atoms with Crippen LogP contribution in [-0.4, -0.2) is 9.13 Å². The first-order valence-corrected chi connectivity index (χ1v) is 19.5. The molecule has 0 aliphatic heterocycles. The van der Waals surface area contributed by atoms with Gasteiger partial charge in [-0.15, -0.1) is 0 Å². The molecule has 0 saturated carbocycles. The summed E-state index contributed by atoms with van der Waals surface area (Å²) in [6.07, 6.45) is -10.7. The van der Waals surface area contributed by atoms with E-state index in [4.69, 9.17) is 0 Å². The first-order valence-electron chi connectivity index (χ1n) is 19.5. The summed E-state index contributed by atoms with van der Waals surface area (Å²) in [6, 6.07) is 24.8. The fourth-order valence-electron chi connectivity index (χ4n) is 8.12. The van der Waals surface area contributed by atoms with E-state index in [1.54, 1.807) is 12.1 Å². The van der Waals surface area contributed by atoms with Gasteiger partial charge < -0.3 is 9.13 Å². The highest BCUT2D eigenvalue weighted by atomic mass is 19.4. The van der Waals surface area contributed by atoms with E-state index < -0.39 is 51.2 Å². The topological polar surface area (TPSA) is 33.6 Å². The van der Waals surface area contributed by atoms with Crippen LogP contribution in [0.4, 0.5) is 26.3 Å². The number of alkyl halides is 6. The van der Waals surface area contributed by atoms with Crippen molar-refractivity contribution < 1.29 is 26.3 Å². The molecule has 0 bridgehead atoms. The van der Waals surface area contributed by atoms with Crippen molar-refractivity contribution >= 4 is 43.6 Å². The van der Waals surface area contributed by atoms with Crippen molar-refractivity contribution in [3.63, 3.8) is 0 Å². The van der Waals surface area contributed by atoms with Crippen LogP contribution in [0.15, 0.2) is 78.9 Å². The average molecular weight is 794 g/mol. The zero-order chi connectivity index (χ0) is 42.9. The highest BCUT2D eigenvalue weighted by molar-refractivity contribution is 6.11. The molecule has 302 valence electrons. The van der Waals surface area contributed by atoms with Crippen LogP contribution in [0.2, 0.25) is 0 Å². The summed E-state index contributed by atoms with van der Waals surface area (Å²) in [5.74, 6) is 0. The molecule has 0 spiro atoms. The Bertz CT molecular complexity index is 2660. The maximum Gasteiger partial charge on any atom is 0.419 e. The molecule has 0 aliphatic rings. The Hall–Kier alpha value is -5.23. The van der Waals surface area contributed by atoms with Gasteiger partial charge in [0.1, 0.15) is 6.07 Å². The molecule has 0 atom stereocenters. The number of halogens is 6. The van der Waals surface area contributed by atoms with Gasteiger partial charge >= 0.3 is 12.4 Å². The van der Waals surface area contributed by atoms with E-state index >= 15 is 26.3 Å². The maximum atomic E-state index is 15.7. The number of rotatable bonds is 2. The molecule has 0 N–H and O–H groups in total. The second-order valence-corrected chi connectivity index (χ2v) is 19.7. The minimum absolute atomic E-state index is 0.310. The molecular formula is C49H49F6N3. The summed E-state index contributed by atoms with van der Waals surface area (Å²) in [7, 11) is 0. The third kappa shape index (κ3) is 6.72. The van der Waals surface area contributed by atoms with Crippen LogP contribution in [0, 0.1) is 11.3 Å². The van der Waals surface area contributed by atoms with Gasteiger partial charge in [-0.05, 0) is 86.4 Å². The molecule has 0 unspecified atom stereocenters. The molecule has 0 saturated heterocycles. The van der Waals surface area contributed by atoms with Crippen molar-refractivity contribution in [2.24, 2.45) is 0 Å². The summed E-state index contributed by atoms with van der Waals surface area (Å²) >= 11 is 0. The Morgan fingerprint density at radius 2 is 0.707 bits per heavy atom. The fraction of sp³-hybridized carbons (Fsp3) is 0.367. The second kappa shape index (κ2) is 12.9. The van der Waals surface area contributed by atoms with Crippen LogP contribution in [-0.2, 0) is 34.0 Å². The van der Waals surface area contributed by atoms with Crippen molar-refractivity contribution in [1.29, 1.82) is 5.26 Å². The Morgan fingerprint density at radius 3 is 1.00 bits per heavy atom. The monoisotopic (exact) mass is 793 g/mol. The molecule has 5 aromatic carbocycles. The predicted octanol–water partition coefficient (Wildman–Crippen LogP) is 15.0. The number of aromatic nitrogens is 2. The molecule has 0 aliphatic carbocycles. The van der Waals surface area contributed by atoms with Crippen molar-refractivity contribution in [2.45, 2.75) is 117 Å². The molecule has 9 heteroatoms. The van der Waals surface area contributed by atoms with Gasteiger partial charge in [0.2, 0.25) is 0 Å². The van der Waals surface area contributed by atoms with Crippen LogP contribution in [0.1, 0.15) is 122 Å². The Balaban J connectivity index is 1.77. The van der Waals surface area contributed by atoms with E-state index in [1.165, 1.54) is 15.2 Å². The van der Waals surface area contributed by atoms with Crippen LogP contribution >= 0.6 is 0 Å². The normalized spacial score (nSPS) is 13.7. The van der Waals surface area contributed by atoms with E-state index in [0.717, 1.165) is 28.3 Å².